The number of carbonyl (C=O) groups excluding carboxylic acids is 2. The van der Waals surface area contributed by atoms with Crippen molar-refractivity contribution in [3.05, 3.63) is 78.6 Å². The van der Waals surface area contributed by atoms with Gasteiger partial charge in [0.25, 0.3) is 11.8 Å². The lowest BCUT2D eigenvalue weighted by Crippen LogP contribution is -2.45. The van der Waals surface area contributed by atoms with E-state index < -0.39 is 11.8 Å². The van der Waals surface area contributed by atoms with E-state index in [9.17, 15) is 9.59 Å². The number of rotatable bonds is 6. The fourth-order valence-corrected chi connectivity index (χ4v) is 5.18. The summed E-state index contributed by atoms with van der Waals surface area (Å²) in [6.07, 6.45) is 0. The van der Waals surface area contributed by atoms with Gasteiger partial charge in [-0.05, 0) is 89.8 Å². The van der Waals surface area contributed by atoms with Gasteiger partial charge in [-0.15, -0.1) is 0 Å². The molecule has 6 nitrogen and oxygen atoms in total. The summed E-state index contributed by atoms with van der Waals surface area (Å²) in [5.74, 6) is 0.0304. The molecule has 4 aromatic rings. The molecule has 34 heavy (non-hydrogen) atoms. The summed E-state index contributed by atoms with van der Waals surface area (Å²) < 4.78 is 14.6. The number of hydrogen-bond donors (Lipinski definition) is 2. The van der Waals surface area contributed by atoms with Crippen LogP contribution in [-0.4, -0.2) is 25.0 Å². The quantitative estimate of drug-likeness (QED) is 0.220. The molecule has 4 rings (SSSR count). The maximum atomic E-state index is 12.1. The first-order valence-corrected chi connectivity index (χ1v) is 13.1. The minimum Gasteiger partial charge on any atom is -0.483 e. The van der Waals surface area contributed by atoms with Crippen LogP contribution in [-0.2, 0) is 9.59 Å². The van der Waals surface area contributed by atoms with E-state index in [2.05, 4.69) is 74.6 Å². The van der Waals surface area contributed by atoms with Gasteiger partial charge in [-0.2, -0.15) is 0 Å². The SMILES string of the molecule is O=C(COc1ccc2cc(Br)ccc2c1Br)NNC(=O)COc1ccc2cc(Br)ccc2c1Br. The van der Waals surface area contributed by atoms with Crippen LogP contribution in [0.2, 0.25) is 0 Å². The largest absolute Gasteiger partial charge is 0.483 e. The van der Waals surface area contributed by atoms with E-state index in [1.807, 2.05) is 48.5 Å². The molecule has 2 N–H and O–H groups in total. The van der Waals surface area contributed by atoms with E-state index in [1.165, 1.54) is 0 Å². The molecule has 0 atom stereocenters. The Morgan fingerprint density at radius 1 is 0.618 bits per heavy atom. The van der Waals surface area contributed by atoms with Gasteiger partial charge < -0.3 is 9.47 Å². The van der Waals surface area contributed by atoms with Crippen molar-refractivity contribution in [2.45, 2.75) is 0 Å². The van der Waals surface area contributed by atoms with Crippen molar-refractivity contribution in [3.63, 3.8) is 0 Å². The average Bonchev–Trinajstić information content (AvgIpc) is 2.81. The van der Waals surface area contributed by atoms with Crippen LogP contribution in [0.3, 0.4) is 0 Å². The zero-order chi connectivity index (χ0) is 24.2. The third-order valence-electron chi connectivity index (χ3n) is 4.82. The molecule has 4 aromatic carbocycles. The Labute approximate surface area is 228 Å². The zero-order valence-electron chi connectivity index (χ0n) is 17.3. The maximum Gasteiger partial charge on any atom is 0.276 e. The molecule has 0 aromatic heterocycles. The second-order valence-corrected chi connectivity index (χ2v) is 10.6. The molecule has 0 aliphatic carbocycles. The van der Waals surface area contributed by atoms with Crippen LogP contribution in [0.5, 0.6) is 11.5 Å². The Kier molecular flexibility index (Phi) is 8.13. The summed E-state index contributed by atoms with van der Waals surface area (Å²) in [7, 11) is 0. The number of ether oxygens (including phenoxy) is 2. The monoisotopic (exact) mass is 712 g/mol. The maximum absolute atomic E-state index is 12.1. The van der Waals surface area contributed by atoms with E-state index in [-0.39, 0.29) is 13.2 Å². The number of benzene rings is 4. The Hall–Kier alpha value is -2.14. The van der Waals surface area contributed by atoms with Crippen molar-refractivity contribution in [2.75, 3.05) is 13.2 Å². The third-order valence-corrected chi connectivity index (χ3v) is 7.44. The van der Waals surface area contributed by atoms with E-state index in [1.54, 1.807) is 12.1 Å². The van der Waals surface area contributed by atoms with E-state index in [0.717, 1.165) is 39.4 Å². The van der Waals surface area contributed by atoms with Gasteiger partial charge >= 0.3 is 0 Å². The minimum absolute atomic E-state index is 0.270. The standard InChI is InChI=1S/C24H16Br4N2O4/c25-15-3-5-17-13(9-15)1-7-19(23(17)27)33-11-21(31)29-30-22(32)12-34-20-8-2-14-10-16(26)4-6-18(14)24(20)28/h1-10H,11-12H2,(H,29,31)(H,30,32). The highest BCUT2D eigenvalue weighted by molar-refractivity contribution is 9.11. The average molecular weight is 716 g/mol. The van der Waals surface area contributed by atoms with Gasteiger partial charge in [0.2, 0.25) is 0 Å². The van der Waals surface area contributed by atoms with Crippen molar-refractivity contribution >= 4 is 97.1 Å². The number of halogens is 4. The number of hydrazine groups is 1. The summed E-state index contributed by atoms with van der Waals surface area (Å²) >= 11 is 13.9. The molecule has 0 bridgehead atoms. The van der Waals surface area contributed by atoms with Crippen LogP contribution >= 0.6 is 63.7 Å². The topological polar surface area (TPSA) is 76.7 Å². The molecule has 2 amide bonds. The molecule has 0 fully saturated rings. The number of fused-ring (bicyclic) bond motifs is 2. The lowest BCUT2D eigenvalue weighted by atomic mass is 10.1. The normalized spacial score (nSPS) is 10.8. The highest BCUT2D eigenvalue weighted by Crippen LogP contribution is 2.35. The number of amides is 2. The Morgan fingerprint density at radius 3 is 1.44 bits per heavy atom. The first-order valence-electron chi connectivity index (χ1n) is 9.90. The summed E-state index contributed by atoms with van der Waals surface area (Å²) in [5, 5.41) is 3.96. The van der Waals surface area contributed by atoms with Crippen LogP contribution in [0.4, 0.5) is 0 Å². The van der Waals surface area contributed by atoms with E-state index >= 15 is 0 Å². The molecule has 0 saturated heterocycles. The Bertz CT molecular complexity index is 1300. The van der Waals surface area contributed by atoms with Gasteiger partial charge in [0.05, 0.1) is 8.95 Å². The molecule has 0 aliphatic heterocycles. The zero-order valence-corrected chi connectivity index (χ0v) is 23.7. The Balaban J connectivity index is 1.27. The van der Waals surface area contributed by atoms with Crippen LogP contribution in [0.1, 0.15) is 0 Å². The Morgan fingerprint density at radius 2 is 1.03 bits per heavy atom. The number of hydrogen-bond acceptors (Lipinski definition) is 4. The van der Waals surface area contributed by atoms with Crippen LogP contribution in [0.25, 0.3) is 21.5 Å². The van der Waals surface area contributed by atoms with Crippen molar-refractivity contribution in [1.82, 2.24) is 10.9 Å². The predicted molar refractivity (Wildman–Crippen MR) is 146 cm³/mol. The molecule has 0 heterocycles. The van der Waals surface area contributed by atoms with Gasteiger partial charge in [-0.25, -0.2) is 0 Å². The summed E-state index contributed by atoms with van der Waals surface area (Å²) in [6.45, 7) is -0.541. The third kappa shape index (κ3) is 5.91. The second kappa shape index (κ2) is 11.1. The molecule has 0 aliphatic rings. The number of carbonyl (C=O) groups is 2. The van der Waals surface area contributed by atoms with Gasteiger partial charge in [0.1, 0.15) is 11.5 Å². The van der Waals surface area contributed by atoms with E-state index in [4.69, 9.17) is 9.47 Å². The van der Waals surface area contributed by atoms with Gasteiger partial charge in [0, 0.05) is 8.95 Å². The molecule has 0 unspecified atom stereocenters. The molecule has 174 valence electrons. The predicted octanol–water partition coefficient (Wildman–Crippen LogP) is 6.65. The fraction of sp³-hybridized carbons (Fsp3) is 0.0833. The molecule has 0 spiro atoms. The molecule has 0 saturated carbocycles. The van der Waals surface area contributed by atoms with Crippen LogP contribution in [0, 0.1) is 0 Å². The molecular formula is C24H16Br4N2O4. The van der Waals surface area contributed by atoms with Gasteiger partial charge in [-0.3, -0.25) is 20.4 Å². The first-order chi connectivity index (χ1) is 16.3. The van der Waals surface area contributed by atoms with Crippen molar-refractivity contribution in [1.29, 1.82) is 0 Å². The minimum atomic E-state index is -0.506. The molecule has 0 radical (unpaired) electrons. The lowest BCUT2D eigenvalue weighted by Gasteiger charge is -2.13. The fourth-order valence-electron chi connectivity index (χ4n) is 3.21. The highest BCUT2D eigenvalue weighted by Gasteiger charge is 2.12. The summed E-state index contributed by atoms with van der Waals surface area (Å²) in [6, 6.07) is 19.1. The summed E-state index contributed by atoms with van der Waals surface area (Å²) in [4.78, 5) is 24.2. The summed E-state index contributed by atoms with van der Waals surface area (Å²) in [5.41, 5.74) is 4.64. The lowest BCUT2D eigenvalue weighted by molar-refractivity contribution is -0.131. The molecular weight excluding hydrogens is 700 g/mol. The second-order valence-electron chi connectivity index (χ2n) is 7.16. The van der Waals surface area contributed by atoms with E-state index in [0.29, 0.717) is 11.5 Å². The van der Waals surface area contributed by atoms with Crippen molar-refractivity contribution in [2.24, 2.45) is 0 Å². The van der Waals surface area contributed by atoms with Crippen molar-refractivity contribution in [3.8, 4) is 11.5 Å². The van der Waals surface area contributed by atoms with Gasteiger partial charge in [-0.1, -0.05) is 56.1 Å². The number of nitrogens with one attached hydrogen (secondary N) is 2. The van der Waals surface area contributed by atoms with Crippen LogP contribution in [0.15, 0.2) is 78.6 Å². The molecule has 10 heteroatoms. The van der Waals surface area contributed by atoms with Crippen molar-refractivity contribution < 1.29 is 19.1 Å². The smallest absolute Gasteiger partial charge is 0.276 e. The van der Waals surface area contributed by atoms with Gasteiger partial charge in [0.15, 0.2) is 13.2 Å². The highest BCUT2D eigenvalue weighted by atomic mass is 79.9. The first kappa shape index (κ1) is 25.0. The van der Waals surface area contributed by atoms with Crippen LogP contribution < -0.4 is 20.3 Å².